The Morgan fingerprint density at radius 2 is 1.88 bits per heavy atom. The lowest BCUT2D eigenvalue weighted by molar-refractivity contribution is -0.125. The van der Waals surface area contributed by atoms with Gasteiger partial charge in [0.15, 0.2) is 17.7 Å². The van der Waals surface area contributed by atoms with Gasteiger partial charge in [-0.3, -0.25) is 4.79 Å². The molecule has 0 saturated heterocycles. The van der Waals surface area contributed by atoms with Crippen molar-refractivity contribution in [3.8, 4) is 11.8 Å². The Hall–Kier alpha value is -3.21. The Morgan fingerprint density at radius 3 is 2.48 bits per heavy atom. The average Bonchev–Trinajstić information content (AvgIpc) is 2.55. The summed E-state index contributed by atoms with van der Waals surface area (Å²) in [7, 11) is 0. The second-order valence-electron chi connectivity index (χ2n) is 5.57. The topological polar surface area (TPSA) is 79.3 Å². The molecule has 2 aromatic rings. The van der Waals surface area contributed by atoms with Crippen molar-refractivity contribution in [3.63, 3.8) is 0 Å². The fourth-order valence-electron chi connectivity index (χ4n) is 2.65. The maximum Gasteiger partial charge on any atom is 0.268 e. The Balaban J connectivity index is 2.12. The summed E-state index contributed by atoms with van der Waals surface area (Å²) in [6.07, 6.45) is -1.02. The maximum absolute atomic E-state index is 14.4. The molecule has 1 heterocycles. The summed E-state index contributed by atoms with van der Waals surface area (Å²) in [4.78, 5) is 13.5. The average molecular weight is 347 g/mol. The molecule has 1 atom stereocenters. The van der Waals surface area contributed by atoms with Crippen molar-refractivity contribution in [1.29, 1.82) is 5.26 Å². The van der Waals surface area contributed by atoms with Crippen LogP contribution in [0.4, 0.5) is 24.5 Å². The fourth-order valence-corrected chi connectivity index (χ4v) is 2.65. The van der Waals surface area contributed by atoms with E-state index in [1.54, 1.807) is 6.07 Å². The highest BCUT2D eigenvalue weighted by atomic mass is 19.1. The molecule has 128 valence electrons. The number of amides is 1. The second-order valence-corrected chi connectivity index (χ2v) is 5.57. The number of fused-ring (bicyclic) bond motifs is 1. The number of ether oxygens (including phenoxy) is 1. The normalized spacial score (nSPS) is 16.2. The molecule has 25 heavy (non-hydrogen) atoms. The first-order chi connectivity index (χ1) is 11.8. The highest BCUT2D eigenvalue weighted by Crippen LogP contribution is 2.41. The van der Waals surface area contributed by atoms with Crippen LogP contribution in [0.15, 0.2) is 24.3 Å². The van der Waals surface area contributed by atoms with Crippen molar-refractivity contribution in [2.45, 2.75) is 19.6 Å². The first-order valence-corrected chi connectivity index (χ1v) is 7.27. The third-order valence-electron chi connectivity index (χ3n) is 3.82. The van der Waals surface area contributed by atoms with E-state index in [1.165, 1.54) is 13.0 Å². The number of nitrogen functional groups attached to an aromatic ring is 1. The van der Waals surface area contributed by atoms with Crippen molar-refractivity contribution >= 4 is 17.3 Å². The first-order valence-electron chi connectivity index (χ1n) is 7.27. The van der Waals surface area contributed by atoms with Crippen LogP contribution in [-0.2, 0) is 11.3 Å². The predicted octanol–water partition coefficient (Wildman–Crippen LogP) is 2.87. The molecule has 0 saturated carbocycles. The van der Waals surface area contributed by atoms with Gasteiger partial charge in [-0.1, -0.05) is 0 Å². The van der Waals surface area contributed by atoms with E-state index >= 15 is 0 Å². The Bertz CT molecular complexity index is 904. The zero-order valence-electron chi connectivity index (χ0n) is 13.0. The van der Waals surface area contributed by atoms with Crippen LogP contribution in [0.3, 0.4) is 0 Å². The van der Waals surface area contributed by atoms with E-state index in [0.29, 0.717) is 6.07 Å². The van der Waals surface area contributed by atoms with Crippen molar-refractivity contribution in [2.24, 2.45) is 0 Å². The van der Waals surface area contributed by atoms with Gasteiger partial charge in [-0.2, -0.15) is 5.26 Å². The molecule has 0 radical (unpaired) electrons. The summed E-state index contributed by atoms with van der Waals surface area (Å²) in [5.74, 6) is -3.37. The van der Waals surface area contributed by atoms with Crippen molar-refractivity contribution in [3.05, 3.63) is 52.8 Å². The van der Waals surface area contributed by atoms with Crippen molar-refractivity contribution in [1.82, 2.24) is 0 Å². The minimum atomic E-state index is -1.02. The molecule has 0 fully saturated rings. The van der Waals surface area contributed by atoms with Crippen molar-refractivity contribution in [2.75, 3.05) is 10.6 Å². The lowest BCUT2D eigenvalue weighted by Gasteiger charge is -2.33. The number of carbonyl (C=O) groups is 1. The molecular weight excluding hydrogens is 335 g/mol. The van der Waals surface area contributed by atoms with E-state index in [-0.39, 0.29) is 34.8 Å². The van der Waals surface area contributed by atoms with E-state index < -0.39 is 29.5 Å². The van der Waals surface area contributed by atoms with Gasteiger partial charge in [0.05, 0.1) is 23.5 Å². The maximum atomic E-state index is 14.4. The molecular formula is C17H12F3N3O2. The SMILES string of the molecule is CC1Oc2c(cc(C#N)c(N)c2F)N(Cc2cc(F)cc(F)c2)C1=O. The molecule has 8 heteroatoms. The van der Waals surface area contributed by atoms with Crippen LogP contribution in [0.1, 0.15) is 18.1 Å². The number of nitrogens with zero attached hydrogens (tertiary/aromatic N) is 2. The van der Waals surface area contributed by atoms with E-state index in [1.807, 2.05) is 0 Å². The Labute approximate surface area is 141 Å². The highest BCUT2D eigenvalue weighted by molar-refractivity contribution is 6.00. The molecule has 3 rings (SSSR count). The Kier molecular flexibility index (Phi) is 4.00. The number of halogens is 3. The molecule has 0 aromatic heterocycles. The van der Waals surface area contributed by atoms with Gasteiger partial charge in [-0.25, -0.2) is 13.2 Å². The number of hydrogen-bond donors (Lipinski definition) is 1. The number of nitrogens with two attached hydrogens (primary N) is 1. The molecule has 1 amide bonds. The fraction of sp³-hybridized carbons (Fsp3) is 0.176. The van der Waals surface area contributed by atoms with Crippen molar-refractivity contribution < 1.29 is 22.7 Å². The van der Waals surface area contributed by atoms with Gasteiger partial charge in [0, 0.05) is 6.07 Å². The van der Waals surface area contributed by atoms with Crippen LogP contribution < -0.4 is 15.4 Å². The van der Waals surface area contributed by atoms with Crippen LogP contribution >= 0.6 is 0 Å². The second kappa shape index (κ2) is 6.02. The quantitative estimate of drug-likeness (QED) is 0.847. The van der Waals surface area contributed by atoms with Gasteiger partial charge in [0.25, 0.3) is 5.91 Å². The number of benzene rings is 2. The summed E-state index contributed by atoms with van der Waals surface area (Å²) in [5.41, 5.74) is 5.15. The zero-order chi connectivity index (χ0) is 18.3. The molecule has 0 spiro atoms. The summed E-state index contributed by atoms with van der Waals surface area (Å²) in [6.45, 7) is 1.20. The lowest BCUT2D eigenvalue weighted by Crippen LogP contribution is -2.44. The summed E-state index contributed by atoms with van der Waals surface area (Å²) >= 11 is 0. The monoisotopic (exact) mass is 347 g/mol. The van der Waals surface area contributed by atoms with E-state index in [9.17, 15) is 18.0 Å². The molecule has 1 aliphatic rings. The first kappa shape index (κ1) is 16.6. The lowest BCUT2D eigenvalue weighted by atomic mass is 10.1. The summed E-state index contributed by atoms with van der Waals surface area (Å²) < 4.78 is 46.5. The Morgan fingerprint density at radius 1 is 1.24 bits per heavy atom. The summed E-state index contributed by atoms with van der Waals surface area (Å²) in [6, 6.07) is 5.78. The van der Waals surface area contributed by atoms with E-state index in [4.69, 9.17) is 15.7 Å². The molecule has 0 aliphatic carbocycles. The molecule has 5 nitrogen and oxygen atoms in total. The van der Waals surface area contributed by atoms with Gasteiger partial charge in [0.2, 0.25) is 0 Å². The largest absolute Gasteiger partial charge is 0.476 e. The van der Waals surface area contributed by atoms with Gasteiger partial charge in [-0.05, 0) is 30.7 Å². The number of hydrogen-bond acceptors (Lipinski definition) is 4. The van der Waals surface area contributed by atoms with Crippen LogP contribution in [-0.4, -0.2) is 12.0 Å². The summed E-state index contributed by atoms with van der Waals surface area (Å²) in [5, 5.41) is 9.07. The highest BCUT2D eigenvalue weighted by Gasteiger charge is 2.35. The van der Waals surface area contributed by atoms with Crippen LogP contribution in [0.2, 0.25) is 0 Å². The van der Waals surface area contributed by atoms with E-state index in [2.05, 4.69) is 0 Å². The molecule has 2 N–H and O–H groups in total. The molecule has 1 aliphatic heterocycles. The molecule has 0 bridgehead atoms. The molecule has 1 unspecified atom stereocenters. The third-order valence-corrected chi connectivity index (χ3v) is 3.82. The van der Waals surface area contributed by atoms with Gasteiger partial charge >= 0.3 is 0 Å². The van der Waals surface area contributed by atoms with Gasteiger partial charge < -0.3 is 15.4 Å². The zero-order valence-corrected chi connectivity index (χ0v) is 13.0. The number of carbonyl (C=O) groups excluding carboxylic acids is 1. The van der Waals surface area contributed by atoms with Crippen LogP contribution in [0.25, 0.3) is 0 Å². The van der Waals surface area contributed by atoms with Gasteiger partial charge in [0.1, 0.15) is 17.7 Å². The number of nitriles is 1. The van der Waals surface area contributed by atoms with E-state index in [0.717, 1.165) is 17.0 Å². The van der Waals surface area contributed by atoms with Crippen LogP contribution in [0.5, 0.6) is 5.75 Å². The number of rotatable bonds is 2. The number of anilines is 2. The van der Waals surface area contributed by atoms with Gasteiger partial charge in [-0.15, -0.1) is 0 Å². The molecule has 2 aromatic carbocycles. The minimum Gasteiger partial charge on any atom is -0.476 e. The predicted molar refractivity (Wildman–Crippen MR) is 83.2 cm³/mol. The minimum absolute atomic E-state index is 0.0176. The third kappa shape index (κ3) is 2.85. The smallest absolute Gasteiger partial charge is 0.268 e. The van der Waals surface area contributed by atoms with Crippen LogP contribution in [0, 0.1) is 28.8 Å². The standard InChI is InChI=1S/C17H12F3N3O2/c1-8-17(24)23(7-9-2-11(18)5-12(19)3-9)13-4-10(6-21)15(22)14(20)16(13)25-8/h2-5,8H,7,22H2,1H3.